The molecule has 0 aromatic heterocycles. The fourth-order valence-corrected chi connectivity index (χ4v) is 2.11. The normalized spacial score (nSPS) is 23.3. The van der Waals surface area contributed by atoms with Crippen LogP contribution < -0.4 is 5.73 Å². The molecule has 0 aromatic rings. The van der Waals surface area contributed by atoms with Gasteiger partial charge in [0.25, 0.3) is 0 Å². The monoisotopic (exact) mass is 242 g/mol. The summed E-state index contributed by atoms with van der Waals surface area (Å²) in [5.41, 5.74) is 5.82. The molecule has 5 heteroatoms. The second-order valence-electron chi connectivity index (χ2n) is 5.00. The first kappa shape index (κ1) is 14.0. The highest BCUT2D eigenvalue weighted by molar-refractivity contribution is 5.87. The van der Waals surface area contributed by atoms with E-state index < -0.39 is 18.1 Å². The molecule has 0 aliphatic carbocycles. The fourth-order valence-electron chi connectivity index (χ4n) is 2.11. The summed E-state index contributed by atoms with van der Waals surface area (Å²) < 4.78 is 0. The van der Waals surface area contributed by atoms with E-state index in [4.69, 9.17) is 10.8 Å². The number of carboxylic acids is 1. The van der Waals surface area contributed by atoms with Gasteiger partial charge in [-0.05, 0) is 18.8 Å². The smallest absolute Gasteiger partial charge is 0.326 e. The molecule has 1 rings (SSSR count). The number of nitrogens with two attached hydrogens (primary N) is 1. The van der Waals surface area contributed by atoms with Gasteiger partial charge in [-0.25, -0.2) is 4.79 Å². The van der Waals surface area contributed by atoms with Crippen LogP contribution in [-0.2, 0) is 9.59 Å². The molecule has 0 spiro atoms. The summed E-state index contributed by atoms with van der Waals surface area (Å²) in [5, 5.41) is 9.17. The topological polar surface area (TPSA) is 83.6 Å². The molecule has 5 nitrogen and oxygen atoms in total. The standard InChI is InChI=1S/C12H22N2O3/c1-8(2)10(13)11(15)14-7-5-3-4-6-9(14)12(16)17/h8-10H,3-7,13H2,1-2H3,(H,16,17)/t9?,10-/m1/s1. The Bertz CT molecular complexity index is 291. The minimum Gasteiger partial charge on any atom is -0.480 e. The quantitative estimate of drug-likeness (QED) is 0.767. The van der Waals surface area contributed by atoms with Crippen LogP contribution in [0, 0.1) is 5.92 Å². The highest BCUT2D eigenvalue weighted by atomic mass is 16.4. The summed E-state index contributed by atoms with van der Waals surface area (Å²) in [6.07, 6.45) is 3.23. The predicted molar refractivity (Wildman–Crippen MR) is 64.4 cm³/mol. The lowest BCUT2D eigenvalue weighted by atomic mass is 10.0. The van der Waals surface area contributed by atoms with Gasteiger partial charge in [-0.1, -0.05) is 26.7 Å². The first-order chi connectivity index (χ1) is 7.95. The van der Waals surface area contributed by atoms with Crippen LogP contribution in [-0.4, -0.2) is 40.5 Å². The Kier molecular flexibility index (Phi) is 4.93. The summed E-state index contributed by atoms with van der Waals surface area (Å²) in [6, 6.07) is -1.30. The molecule has 1 saturated heterocycles. The summed E-state index contributed by atoms with van der Waals surface area (Å²) >= 11 is 0. The lowest BCUT2D eigenvalue weighted by Gasteiger charge is -2.30. The zero-order valence-electron chi connectivity index (χ0n) is 10.6. The number of carbonyl (C=O) groups excluding carboxylic acids is 1. The number of aliphatic carboxylic acids is 1. The summed E-state index contributed by atoms with van der Waals surface area (Å²) in [5.74, 6) is -1.12. The van der Waals surface area contributed by atoms with Crippen molar-refractivity contribution in [2.45, 2.75) is 51.6 Å². The van der Waals surface area contributed by atoms with Crippen molar-refractivity contribution in [3.63, 3.8) is 0 Å². The number of hydrogen-bond donors (Lipinski definition) is 2. The Morgan fingerprint density at radius 3 is 2.47 bits per heavy atom. The van der Waals surface area contributed by atoms with Gasteiger partial charge in [0.1, 0.15) is 6.04 Å². The maximum absolute atomic E-state index is 12.1. The molecule has 0 bridgehead atoms. The summed E-state index contributed by atoms with van der Waals surface area (Å²) in [6.45, 7) is 4.25. The average molecular weight is 242 g/mol. The van der Waals surface area contributed by atoms with Crippen molar-refractivity contribution in [3.05, 3.63) is 0 Å². The summed E-state index contributed by atoms with van der Waals surface area (Å²) in [4.78, 5) is 24.8. The molecule has 1 fully saturated rings. The average Bonchev–Trinajstić information content (AvgIpc) is 2.51. The third kappa shape index (κ3) is 3.43. The van der Waals surface area contributed by atoms with Crippen molar-refractivity contribution in [1.82, 2.24) is 4.90 Å². The molecule has 3 N–H and O–H groups in total. The molecule has 17 heavy (non-hydrogen) atoms. The Morgan fingerprint density at radius 1 is 1.29 bits per heavy atom. The van der Waals surface area contributed by atoms with Crippen molar-refractivity contribution in [1.29, 1.82) is 0 Å². The van der Waals surface area contributed by atoms with Gasteiger partial charge in [-0.2, -0.15) is 0 Å². The molecule has 1 amide bonds. The van der Waals surface area contributed by atoms with Crippen LogP contribution in [0.15, 0.2) is 0 Å². The summed E-state index contributed by atoms with van der Waals surface area (Å²) in [7, 11) is 0. The lowest BCUT2D eigenvalue weighted by molar-refractivity contribution is -0.151. The maximum atomic E-state index is 12.1. The molecule has 2 atom stereocenters. The third-order valence-electron chi connectivity index (χ3n) is 3.32. The largest absolute Gasteiger partial charge is 0.480 e. The Morgan fingerprint density at radius 2 is 1.94 bits per heavy atom. The molecule has 98 valence electrons. The van der Waals surface area contributed by atoms with E-state index in [1.165, 1.54) is 4.90 Å². The molecule has 1 aliphatic heterocycles. The SMILES string of the molecule is CC(C)[C@@H](N)C(=O)N1CCCCCC1C(=O)O. The Labute approximate surface area is 102 Å². The highest BCUT2D eigenvalue weighted by Gasteiger charge is 2.33. The van der Waals surface area contributed by atoms with Gasteiger partial charge in [0, 0.05) is 6.54 Å². The zero-order valence-corrected chi connectivity index (χ0v) is 10.6. The third-order valence-corrected chi connectivity index (χ3v) is 3.32. The van der Waals surface area contributed by atoms with Gasteiger partial charge in [-0.15, -0.1) is 0 Å². The number of hydrogen-bond acceptors (Lipinski definition) is 3. The maximum Gasteiger partial charge on any atom is 0.326 e. The van der Waals surface area contributed by atoms with Crippen LogP contribution in [0.25, 0.3) is 0 Å². The van der Waals surface area contributed by atoms with Crippen LogP contribution >= 0.6 is 0 Å². The van der Waals surface area contributed by atoms with Gasteiger partial charge in [0.2, 0.25) is 5.91 Å². The first-order valence-corrected chi connectivity index (χ1v) is 6.24. The van der Waals surface area contributed by atoms with Crippen molar-refractivity contribution < 1.29 is 14.7 Å². The van der Waals surface area contributed by atoms with E-state index in [0.29, 0.717) is 13.0 Å². The molecule has 0 aromatic carbocycles. The number of carboxylic acid groups (broad SMARTS) is 1. The minimum absolute atomic E-state index is 0.0280. The van der Waals surface area contributed by atoms with Crippen molar-refractivity contribution in [2.75, 3.05) is 6.54 Å². The van der Waals surface area contributed by atoms with E-state index >= 15 is 0 Å². The number of rotatable bonds is 3. The van der Waals surface area contributed by atoms with E-state index in [1.54, 1.807) is 0 Å². The van der Waals surface area contributed by atoms with Gasteiger partial charge >= 0.3 is 5.97 Å². The number of carbonyl (C=O) groups is 2. The van der Waals surface area contributed by atoms with Crippen LogP contribution in [0.1, 0.15) is 39.5 Å². The molecule has 1 heterocycles. The molecule has 1 aliphatic rings. The van der Waals surface area contributed by atoms with Gasteiger partial charge in [-0.3, -0.25) is 4.79 Å². The molecule has 0 radical (unpaired) electrons. The van der Waals surface area contributed by atoms with Crippen molar-refractivity contribution in [3.8, 4) is 0 Å². The van der Waals surface area contributed by atoms with E-state index in [-0.39, 0.29) is 11.8 Å². The van der Waals surface area contributed by atoms with Crippen LogP contribution in [0.2, 0.25) is 0 Å². The second-order valence-corrected chi connectivity index (χ2v) is 5.00. The number of nitrogens with zero attached hydrogens (tertiary/aromatic N) is 1. The van der Waals surface area contributed by atoms with E-state index in [0.717, 1.165) is 19.3 Å². The predicted octanol–water partition coefficient (Wildman–Crippen LogP) is 0.825. The van der Waals surface area contributed by atoms with Gasteiger partial charge in [0.15, 0.2) is 0 Å². The molecule has 0 saturated carbocycles. The molecular formula is C12H22N2O3. The number of amides is 1. The fraction of sp³-hybridized carbons (Fsp3) is 0.833. The second kappa shape index (κ2) is 6.00. The van der Waals surface area contributed by atoms with Gasteiger partial charge < -0.3 is 15.7 Å². The highest BCUT2D eigenvalue weighted by Crippen LogP contribution is 2.19. The van der Waals surface area contributed by atoms with E-state index in [1.807, 2.05) is 13.8 Å². The molecule has 1 unspecified atom stereocenters. The minimum atomic E-state index is -0.920. The zero-order chi connectivity index (χ0) is 13.0. The Hall–Kier alpha value is -1.10. The first-order valence-electron chi connectivity index (χ1n) is 6.24. The van der Waals surface area contributed by atoms with E-state index in [9.17, 15) is 9.59 Å². The van der Waals surface area contributed by atoms with Gasteiger partial charge in [0.05, 0.1) is 6.04 Å². The molecular weight excluding hydrogens is 220 g/mol. The van der Waals surface area contributed by atoms with Crippen molar-refractivity contribution >= 4 is 11.9 Å². The Balaban J connectivity index is 2.82. The van der Waals surface area contributed by atoms with E-state index in [2.05, 4.69) is 0 Å². The van der Waals surface area contributed by atoms with Crippen molar-refractivity contribution in [2.24, 2.45) is 11.7 Å². The lowest BCUT2D eigenvalue weighted by Crippen LogP contribution is -2.52. The van der Waals surface area contributed by atoms with Crippen LogP contribution in [0.4, 0.5) is 0 Å². The van der Waals surface area contributed by atoms with Crippen LogP contribution in [0.3, 0.4) is 0 Å². The van der Waals surface area contributed by atoms with Crippen LogP contribution in [0.5, 0.6) is 0 Å². The number of likely N-dealkylation sites (tertiary alicyclic amines) is 1.